The number of aliphatic imine (C=N–C) groups is 1. The first kappa shape index (κ1) is 13.2. The fourth-order valence-electron chi connectivity index (χ4n) is 1.95. The maximum Gasteiger partial charge on any atom is 0.363 e. The van der Waals surface area contributed by atoms with Gasteiger partial charge in [0, 0.05) is 5.56 Å². The van der Waals surface area contributed by atoms with Gasteiger partial charge >= 0.3 is 5.97 Å². The van der Waals surface area contributed by atoms with Crippen LogP contribution in [0.15, 0.2) is 57.8 Å². The van der Waals surface area contributed by atoms with E-state index in [4.69, 9.17) is 13.9 Å². The summed E-state index contributed by atoms with van der Waals surface area (Å²) in [6, 6.07) is 10.8. The molecular formula is C16H13NO4. The molecule has 0 saturated carbocycles. The Hall–Kier alpha value is -2.82. The summed E-state index contributed by atoms with van der Waals surface area (Å²) in [5.74, 6) is 0.782. The number of hydrogen-bond donors (Lipinski definition) is 0. The molecule has 106 valence electrons. The highest BCUT2D eigenvalue weighted by atomic mass is 16.6. The summed E-state index contributed by atoms with van der Waals surface area (Å²) in [5, 5.41) is 0. The summed E-state index contributed by atoms with van der Waals surface area (Å²) >= 11 is 0. The summed E-state index contributed by atoms with van der Waals surface area (Å²) in [6.45, 7) is 2.45. The average molecular weight is 283 g/mol. The zero-order valence-corrected chi connectivity index (χ0v) is 11.4. The molecule has 0 spiro atoms. The molecule has 5 heteroatoms. The van der Waals surface area contributed by atoms with Crippen LogP contribution in [-0.4, -0.2) is 18.5 Å². The van der Waals surface area contributed by atoms with Gasteiger partial charge in [-0.25, -0.2) is 9.79 Å². The molecule has 0 fully saturated rings. The molecule has 2 heterocycles. The van der Waals surface area contributed by atoms with E-state index in [1.807, 2.05) is 31.2 Å². The van der Waals surface area contributed by atoms with Gasteiger partial charge in [0.15, 0.2) is 11.5 Å². The normalized spacial score (nSPS) is 16.0. The van der Waals surface area contributed by atoms with E-state index in [2.05, 4.69) is 4.99 Å². The van der Waals surface area contributed by atoms with Crippen LogP contribution < -0.4 is 4.74 Å². The maximum atomic E-state index is 11.9. The third-order valence-corrected chi connectivity index (χ3v) is 2.86. The van der Waals surface area contributed by atoms with E-state index in [0.717, 1.165) is 5.56 Å². The molecule has 1 aliphatic heterocycles. The topological polar surface area (TPSA) is 61.0 Å². The number of cyclic esters (lactones) is 1. The summed E-state index contributed by atoms with van der Waals surface area (Å²) in [4.78, 5) is 16.0. The molecule has 0 radical (unpaired) electrons. The Kier molecular flexibility index (Phi) is 3.55. The summed E-state index contributed by atoms with van der Waals surface area (Å²) in [7, 11) is 0. The average Bonchev–Trinajstić information content (AvgIpc) is 3.12. The largest absolute Gasteiger partial charge is 0.493 e. The smallest absolute Gasteiger partial charge is 0.363 e. The molecule has 0 saturated heterocycles. The molecule has 0 N–H and O–H groups in total. The number of carbonyl (C=O) groups is 1. The molecule has 0 unspecified atom stereocenters. The number of para-hydroxylation sites is 1. The van der Waals surface area contributed by atoms with Crippen molar-refractivity contribution in [2.75, 3.05) is 6.61 Å². The van der Waals surface area contributed by atoms with E-state index in [-0.39, 0.29) is 11.6 Å². The van der Waals surface area contributed by atoms with Crippen LogP contribution in [0.2, 0.25) is 0 Å². The highest BCUT2D eigenvalue weighted by molar-refractivity contribution is 6.11. The van der Waals surface area contributed by atoms with Gasteiger partial charge in [-0.1, -0.05) is 18.2 Å². The van der Waals surface area contributed by atoms with Crippen molar-refractivity contribution in [3.05, 3.63) is 59.7 Å². The summed E-state index contributed by atoms with van der Waals surface area (Å²) in [6.07, 6.45) is 3.14. The Morgan fingerprint density at radius 1 is 1.24 bits per heavy atom. The van der Waals surface area contributed by atoms with E-state index >= 15 is 0 Å². The molecule has 0 aliphatic carbocycles. The zero-order valence-electron chi connectivity index (χ0n) is 11.4. The lowest BCUT2D eigenvalue weighted by molar-refractivity contribution is -0.130. The molecule has 2 aromatic rings. The lowest BCUT2D eigenvalue weighted by Gasteiger charge is -2.06. The van der Waals surface area contributed by atoms with Gasteiger partial charge in [-0.3, -0.25) is 0 Å². The fraction of sp³-hybridized carbons (Fsp3) is 0.125. The molecule has 0 atom stereocenters. The SMILES string of the molecule is CCOc1ccccc1/C=C1\N=C(c2ccco2)OC1=O. The van der Waals surface area contributed by atoms with Crippen molar-refractivity contribution in [1.82, 2.24) is 0 Å². The standard InChI is InChI=1S/C16H13NO4/c1-2-19-13-7-4-3-6-11(13)10-12-16(18)21-15(17-12)14-8-5-9-20-14/h3-10H,2H2,1H3/b12-10-. The number of ether oxygens (including phenoxy) is 2. The Bertz CT molecular complexity index is 714. The van der Waals surface area contributed by atoms with Crippen molar-refractivity contribution in [3.63, 3.8) is 0 Å². The first-order valence-corrected chi connectivity index (χ1v) is 6.56. The number of nitrogens with zero attached hydrogens (tertiary/aromatic N) is 1. The summed E-state index contributed by atoms with van der Waals surface area (Å²) < 4.78 is 15.8. The van der Waals surface area contributed by atoms with Crippen molar-refractivity contribution in [2.24, 2.45) is 4.99 Å². The minimum absolute atomic E-state index is 0.171. The van der Waals surface area contributed by atoms with Crippen LogP contribution in [-0.2, 0) is 9.53 Å². The van der Waals surface area contributed by atoms with Crippen molar-refractivity contribution in [1.29, 1.82) is 0 Å². The third kappa shape index (κ3) is 2.72. The van der Waals surface area contributed by atoms with Crippen LogP contribution in [0.5, 0.6) is 5.75 Å². The van der Waals surface area contributed by atoms with E-state index in [9.17, 15) is 4.79 Å². The van der Waals surface area contributed by atoms with Crippen molar-refractivity contribution < 1.29 is 18.7 Å². The lowest BCUT2D eigenvalue weighted by Crippen LogP contribution is -2.04. The second-order valence-electron chi connectivity index (χ2n) is 4.28. The Morgan fingerprint density at radius 3 is 2.86 bits per heavy atom. The molecule has 0 amide bonds. The van der Waals surface area contributed by atoms with E-state index < -0.39 is 5.97 Å². The molecular weight excluding hydrogens is 270 g/mol. The second-order valence-corrected chi connectivity index (χ2v) is 4.28. The highest BCUT2D eigenvalue weighted by Crippen LogP contribution is 2.24. The number of furan rings is 1. The summed E-state index contributed by atoms with van der Waals surface area (Å²) in [5.41, 5.74) is 0.990. The highest BCUT2D eigenvalue weighted by Gasteiger charge is 2.26. The number of hydrogen-bond acceptors (Lipinski definition) is 5. The minimum Gasteiger partial charge on any atom is -0.493 e. The molecule has 0 bridgehead atoms. The van der Waals surface area contributed by atoms with E-state index in [1.54, 1.807) is 18.2 Å². The van der Waals surface area contributed by atoms with Crippen LogP contribution >= 0.6 is 0 Å². The predicted molar refractivity (Wildman–Crippen MR) is 76.9 cm³/mol. The van der Waals surface area contributed by atoms with Crippen LogP contribution in [0, 0.1) is 0 Å². The Balaban J connectivity index is 1.95. The van der Waals surface area contributed by atoms with E-state index in [0.29, 0.717) is 18.1 Å². The molecule has 1 aliphatic rings. The Labute approximate surface area is 121 Å². The molecule has 1 aromatic carbocycles. The van der Waals surface area contributed by atoms with Gasteiger partial charge in [0.05, 0.1) is 12.9 Å². The first-order valence-electron chi connectivity index (χ1n) is 6.56. The van der Waals surface area contributed by atoms with Crippen LogP contribution in [0.25, 0.3) is 6.08 Å². The number of benzene rings is 1. The van der Waals surface area contributed by atoms with Gasteiger partial charge in [0.2, 0.25) is 0 Å². The molecule has 21 heavy (non-hydrogen) atoms. The quantitative estimate of drug-likeness (QED) is 0.639. The van der Waals surface area contributed by atoms with Gasteiger partial charge in [0.1, 0.15) is 5.75 Å². The number of carbonyl (C=O) groups excluding carboxylic acids is 1. The van der Waals surface area contributed by atoms with Crippen LogP contribution in [0.3, 0.4) is 0 Å². The second kappa shape index (κ2) is 5.66. The van der Waals surface area contributed by atoms with Crippen LogP contribution in [0.1, 0.15) is 18.2 Å². The van der Waals surface area contributed by atoms with Crippen molar-refractivity contribution in [3.8, 4) is 5.75 Å². The number of esters is 1. The van der Waals surface area contributed by atoms with Gasteiger partial charge < -0.3 is 13.9 Å². The third-order valence-electron chi connectivity index (χ3n) is 2.86. The van der Waals surface area contributed by atoms with Gasteiger partial charge in [0.25, 0.3) is 5.90 Å². The maximum absolute atomic E-state index is 11.9. The Morgan fingerprint density at radius 2 is 2.10 bits per heavy atom. The van der Waals surface area contributed by atoms with Gasteiger partial charge in [-0.05, 0) is 31.2 Å². The zero-order chi connectivity index (χ0) is 14.7. The van der Waals surface area contributed by atoms with Crippen molar-refractivity contribution >= 4 is 17.9 Å². The van der Waals surface area contributed by atoms with Gasteiger partial charge in [-0.15, -0.1) is 0 Å². The number of rotatable bonds is 4. The molecule has 5 nitrogen and oxygen atoms in total. The van der Waals surface area contributed by atoms with E-state index in [1.165, 1.54) is 6.26 Å². The lowest BCUT2D eigenvalue weighted by atomic mass is 10.1. The minimum atomic E-state index is -0.507. The molecule has 3 rings (SSSR count). The predicted octanol–water partition coefficient (Wildman–Crippen LogP) is 3.02. The van der Waals surface area contributed by atoms with Crippen molar-refractivity contribution in [2.45, 2.75) is 6.92 Å². The fourth-order valence-corrected chi connectivity index (χ4v) is 1.95. The van der Waals surface area contributed by atoms with Crippen LogP contribution in [0.4, 0.5) is 0 Å². The first-order chi connectivity index (χ1) is 10.3. The monoisotopic (exact) mass is 283 g/mol. The molecule has 1 aromatic heterocycles. The van der Waals surface area contributed by atoms with Gasteiger partial charge in [-0.2, -0.15) is 0 Å².